The number of carbonyl (C=O) groups is 1. The first kappa shape index (κ1) is 21.8. The van der Waals surface area contributed by atoms with Crippen LogP contribution in [-0.4, -0.2) is 28.1 Å². The van der Waals surface area contributed by atoms with Crippen LogP contribution in [0.1, 0.15) is 32.3 Å². The van der Waals surface area contributed by atoms with E-state index < -0.39 is 10.0 Å². The molecule has 1 unspecified atom stereocenters. The van der Waals surface area contributed by atoms with Crippen molar-refractivity contribution in [2.24, 2.45) is 5.92 Å². The van der Waals surface area contributed by atoms with Crippen LogP contribution in [0.5, 0.6) is 5.75 Å². The molecule has 2 aromatic rings. The molecule has 0 bridgehead atoms. The Balaban J connectivity index is 1.93. The molecule has 2 rings (SSSR count). The van der Waals surface area contributed by atoms with Gasteiger partial charge in [-0.3, -0.25) is 9.52 Å². The third kappa shape index (κ3) is 6.56. The van der Waals surface area contributed by atoms with E-state index in [4.69, 9.17) is 9.47 Å². The lowest BCUT2D eigenvalue weighted by Gasteiger charge is -2.12. The average molecular weight is 406 g/mol. The molecule has 1 atom stereocenters. The van der Waals surface area contributed by atoms with Crippen LogP contribution >= 0.6 is 0 Å². The van der Waals surface area contributed by atoms with Gasteiger partial charge in [-0.1, -0.05) is 19.1 Å². The van der Waals surface area contributed by atoms with Crippen LogP contribution < -0.4 is 9.46 Å². The smallest absolute Gasteiger partial charge is 0.305 e. The summed E-state index contributed by atoms with van der Waals surface area (Å²) in [6.45, 7) is 4.28. The zero-order valence-corrected chi connectivity index (χ0v) is 17.3. The zero-order chi connectivity index (χ0) is 20.6. The summed E-state index contributed by atoms with van der Waals surface area (Å²) in [6, 6.07) is 13.5. The first-order chi connectivity index (χ1) is 13.3. The first-order valence-corrected chi connectivity index (χ1v) is 10.7. The molecule has 0 radical (unpaired) electrons. The van der Waals surface area contributed by atoms with Gasteiger partial charge in [0, 0.05) is 12.1 Å². The van der Waals surface area contributed by atoms with Crippen LogP contribution in [0.3, 0.4) is 0 Å². The summed E-state index contributed by atoms with van der Waals surface area (Å²) in [6.07, 6.45) is 1.98. The Morgan fingerprint density at radius 2 is 1.71 bits per heavy atom. The van der Waals surface area contributed by atoms with Crippen molar-refractivity contribution in [3.63, 3.8) is 0 Å². The Kier molecular flexibility index (Phi) is 7.87. The van der Waals surface area contributed by atoms with Gasteiger partial charge in [0.1, 0.15) is 5.75 Å². The molecular weight excluding hydrogens is 378 g/mol. The van der Waals surface area contributed by atoms with Crippen molar-refractivity contribution < 1.29 is 22.7 Å². The van der Waals surface area contributed by atoms with E-state index in [1.165, 1.54) is 19.2 Å². The van der Waals surface area contributed by atoms with Crippen molar-refractivity contribution in [2.45, 2.75) is 38.0 Å². The second kappa shape index (κ2) is 10.1. The van der Waals surface area contributed by atoms with E-state index in [-0.39, 0.29) is 10.9 Å². The lowest BCUT2D eigenvalue weighted by Crippen LogP contribution is -2.13. The Morgan fingerprint density at radius 1 is 1.07 bits per heavy atom. The van der Waals surface area contributed by atoms with Gasteiger partial charge in [-0.15, -0.1) is 0 Å². The van der Waals surface area contributed by atoms with Gasteiger partial charge in [-0.2, -0.15) is 0 Å². The molecule has 2 aromatic carbocycles. The van der Waals surface area contributed by atoms with Crippen molar-refractivity contribution in [1.29, 1.82) is 0 Å². The molecular formula is C21H27NO5S. The minimum Gasteiger partial charge on any atom is -0.497 e. The highest BCUT2D eigenvalue weighted by Gasteiger charge is 2.14. The highest BCUT2D eigenvalue weighted by molar-refractivity contribution is 7.92. The number of anilines is 1. The van der Waals surface area contributed by atoms with Crippen LogP contribution in [0.2, 0.25) is 0 Å². The fourth-order valence-corrected chi connectivity index (χ4v) is 3.84. The molecule has 0 aliphatic rings. The maximum atomic E-state index is 12.5. The SMILES string of the molecule is CCOC(=O)CCC(C)Cc1ccc(NS(=O)(=O)c2ccc(OC)cc2)cc1. The minimum absolute atomic E-state index is 0.169. The maximum Gasteiger partial charge on any atom is 0.305 e. The van der Waals surface area contributed by atoms with E-state index >= 15 is 0 Å². The van der Waals surface area contributed by atoms with E-state index in [2.05, 4.69) is 11.6 Å². The summed E-state index contributed by atoms with van der Waals surface area (Å²) in [5.41, 5.74) is 1.59. The van der Waals surface area contributed by atoms with Crippen molar-refractivity contribution in [2.75, 3.05) is 18.4 Å². The van der Waals surface area contributed by atoms with E-state index in [0.29, 0.717) is 30.4 Å². The molecule has 7 heteroatoms. The van der Waals surface area contributed by atoms with Gasteiger partial charge < -0.3 is 9.47 Å². The molecule has 0 aliphatic heterocycles. The summed E-state index contributed by atoms with van der Waals surface area (Å²) in [7, 11) is -2.13. The topological polar surface area (TPSA) is 81.7 Å². The van der Waals surface area contributed by atoms with E-state index in [1.807, 2.05) is 12.1 Å². The van der Waals surface area contributed by atoms with Crippen LogP contribution in [0.25, 0.3) is 0 Å². The Morgan fingerprint density at radius 3 is 2.29 bits per heavy atom. The van der Waals surface area contributed by atoms with Crippen LogP contribution in [0, 0.1) is 5.92 Å². The quantitative estimate of drug-likeness (QED) is 0.604. The molecule has 0 saturated carbocycles. The lowest BCUT2D eigenvalue weighted by atomic mass is 9.96. The summed E-state index contributed by atoms with van der Waals surface area (Å²) >= 11 is 0. The van der Waals surface area contributed by atoms with Crippen LogP contribution in [0.15, 0.2) is 53.4 Å². The number of benzene rings is 2. The van der Waals surface area contributed by atoms with E-state index in [1.54, 1.807) is 31.2 Å². The molecule has 6 nitrogen and oxygen atoms in total. The van der Waals surface area contributed by atoms with Gasteiger partial charge in [-0.25, -0.2) is 8.42 Å². The molecule has 0 heterocycles. The highest BCUT2D eigenvalue weighted by atomic mass is 32.2. The molecule has 0 aliphatic carbocycles. The summed E-state index contributed by atoms with van der Waals surface area (Å²) in [5, 5.41) is 0. The molecule has 0 fully saturated rings. The minimum atomic E-state index is -3.65. The number of methoxy groups -OCH3 is 1. The number of hydrogen-bond donors (Lipinski definition) is 1. The summed E-state index contributed by atoms with van der Waals surface area (Å²) in [4.78, 5) is 11.6. The van der Waals surface area contributed by atoms with Gasteiger partial charge in [0.2, 0.25) is 0 Å². The standard InChI is InChI=1S/C21H27NO5S/c1-4-27-21(23)14-5-16(2)15-17-6-8-18(9-7-17)22-28(24,25)20-12-10-19(26-3)11-13-20/h6-13,16,22H,4-5,14-15H2,1-3H3. The Labute approximate surface area is 166 Å². The number of ether oxygens (including phenoxy) is 2. The predicted molar refractivity (Wildman–Crippen MR) is 109 cm³/mol. The largest absolute Gasteiger partial charge is 0.497 e. The van der Waals surface area contributed by atoms with Crippen molar-refractivity contribution >= 4 is 21.7 Å². The number of sulfonamides is 1. The molecule has 28 heavy (non-hydrogen) atoms. The average Bonchev–Trinajstić information content (AvgIpc) is 2.68. The third-order valence-electron chi connectivity index (χ3n) is 4.31. The van der Waals surface area contributed by atoms with Gasteiger partial charge >= 0.3 is 5.97 Å². The summed E-state index contributed by atoms with van der Waals surface area (Å²) < 4.78 is 37.5. The summed E-state index contributed by atoms with van der Waals surface area (Å²) in [5.74, 6) is 0.754. The van der Waals surface area contributed by atoms with Crippen LogP contribution in [0.4, 0.5) is 5.69 Å². The van der Waals surface area contributed by atoms with Gasteiger partial charge in [0.25, 0.3) is 10.0 Å². The second-order valence-corrected chi connectivity index (χ2v) is 8.31. The highest BCUT2D eigenvalue weighted by Crippen LogP contribution is 2.21. The lowest BCUT2D eigenvalue weighted by molar-refractivity contribution is -0.143. The molecule has 152 valence electrons. The monoisotopic (exact) mass is 405 g/mol. The number of carbonyl (C=O) groups excluding carboxylic acids is 1. The second-order valence-electron chi connectivity index (χ2n) is 6.63. The number of hydrogen-bond acceptors (Lipinski definition) is 5. The fraction of sp³-hybridized carbons (Fsp3) is 0.381. The molecule has 1 N–H and O–H groups in total. The van der Waals surface area contributed by atoms with Crippen LogP contribution in [-0.2, 0) is 26.0 Å². The number of rotatable bonds is 10. The predicted octanol–water partition coefficient (Wildman–Crippen LogP) is 4.02. The van der Waals surface area contributed by atoms with Gasteiger partial charge in [0.15, 0.2) is 0 Å². The molecule has 0 saturated heterocycles. The van der Waals surface area contributed by atoms with Crippen molar-refractivity contribution in [1.82, 2.24) is 0 Å². The molecule has 0 amide bonds. The fourth-order valence-electron chi connectivity index (χ4n) is 2.78. The first-order valence-electron chi connectivity index (χ1n) is 9.25. The molecule has 0 aromatic heterocycles. The van der Waals surface area contributed by atoms with Gasteiger partial charge in [0.05, 0.1) is 18.6 Å². The van der Waals surface area contributed by atoms with Gasteiger partial charge in [-0.05, 0) is 67.6 Å². The van der Waals surface area contributed by atoms with Crippen molar-refractivity contribution in [3.8, 4) is 5.75 Å². The Bertz CT molecular complexity index is 861. The third-order valence-corrected chi connectivity index (χ3v) is 5.70. The van der Waals surface area contributed by atoms with E-state index in [9.17, 15) is 13.2 Å². The van der Waals surface area contributed by atoms with E-state index in [0.717, 1.165) is 18.4 Å². The zero-order valence-electron chi connectivity index (χ0n) is 16.5. The molecule has 0 spiro atoms. The van der Waals surface area contributed by atoms with Crippen molar-refractivity contribution in [3.05, 3.63) is 54.1 Å². The normalized spacial score (nSPS) is 12.2. The maximum absolute atomic E-state index is 12.5. The number of esters is 1. The Hall–Kier alpha value is -2.54. The number of nitrogens with one attached hydrogen (secondary N) is 1.